The maximum atomic E-state index is 9.78. The standard InChI is InChI=1S/C17H20N4O2/c1-23-16-6-5-14(12-15(16)22)13-19-21-10-8-20(9-11-21)17-4-2-3-7-18-17/h2-7,12-13,22H,8-11H2,1H3. The van der Waals surface area contributed by atoms with Crippen LogP contribution < -0.4 is 9.64 Å². The second-order valence-electron chi connectivity index (χ2n) is 5.30. The molecule has 0 aliphatic carbocycles. The zero-order valence-corrected chi connectivity index (χ0v) is 13.1. The summed E-state index contributed by atoms with van der Waals surface area (Å²) in [6.45, 7) is 3.47. The number of aromatic hydroxyl groups is 1. The molecule has 6 nitrogen and oxygen atoms in total. The second-order valence-corrected chi connectivity index (χ2v) is 5.30. The first-order valence-corrected chi connectivity index (χ1v) is 7.58. The first-order valence-electron chi connectivity index (χ1n) is 7.58. The average Bonchev–Trinajstić information content (AvgIpc) is 2.61. The fourth-order valence-corrected chi connectivity index (χ4v) is 2.52. The van der Waals surface area contributed by atoms with E-state index in [1.54, 1.807) is 18.3 Å². The summed E-state index contributed by atoms with van der Waals surface area (Å²) in [6, 6.07) is 11.2. The molecule has 1 saturated heterocycles. The van der Waals surface area contributed by atoms with Crippen molar-refractivity contribution in [1.82, 2.24) is 9.99 Å². The van der Waals surface area contributed by atoms with Crippen LogP contribution in [0.1, 0.15) is 5.56 Å². The third-order valence-electron chi connectivity index (χ3n) is 3.80. The van der Waals surface area contributed by atoms with Crippen LogP contribution in [0.2, 0.25) is 0 Å². The first kappa shape index (κ1) is 15.1. The molecular weight excluding hydrogens is 292 g/mol. The van der Waals surface area contributed by atoms with Crippen molar-refractivity contribution in [3.05, 3.63) is 48.2 Å². The summed E-state index contributed by atoms with van der Waals surface area (Å²) in [5, 5.41) is 16.3. The highest BCUT2D eigenvalue weighted by Crippen LogP contribution is 2.25. The number of anilines is 1. The maximum Gasteiger partial charge on any atom is 0.160 e. The SMILES string of the molecule is COc1ccc(C=NN2CCN(c3ccccn3)CC2)cc1O. The molecule has 0 bridgehead atoms. The predicted molar refractivity (Wildman–Crippen MR) is 90.3 cm³/mol. The van der Waals surface area contributed by atoms with Crippen LogP contribution in [0.4, 0.5) is 5.82 Å². The lowest BCUT2D eigenvalue weighted by atomic mass is 10.2. The van der Waals surface area contributed by atoms with Crippen molar-refractivity contribution >= 4 is 12.0 Å². The van der Waals surface area contributed by atoms with Gasteiger partial charge in [0.1, 0.15) is 5.82 Å². The number of phenols is 1. The number of aromatic nitrogens is 1. The Kier molecular flexibility index (Phi) is 4.61. The molecule has 23 heavy (non-hydrogen) atoms. The van der Waals surface area contributed by atoms with Gasteiger partial charge in [0.2, 0.25) is 0 Å². The van der Waals surface area contributed by atoms with Gasteiger partial charge < -0.3 is 14.7 Å². The maximum absolute atomic E-state index is 9.78. The summed E-state index contributed by atoms with van der Waals surface area (Å²) < 4.78 is 5.03. The first-order chi connectivity index (χ1) is 11.3. The summed E-state index contributed by atoms with van der Waals surface area (Å²) in [7, 11) is 1.53. The van der Waals surface area contributed by atoms with Crippen LogP contribution in [0.25, 0.3) is 0 Å². The van der Waals surface area contributed by atoms with Crippen LogP contribution in [-0.4, -0.2) is 54.6 Å². The van der Waals surface area contributed by atoms with Gasteiger partial charge in [-0.1, -0.05) is 6.07 Å². The number of phenolic OH excluding ortho intramolecular Hbond substituents is 1. The lowest BCUT2D eigenvalue weighted by Gasteiger charge is -2.33. The fourth-order valence-electron chi connectivity index (χ4n) is 2.52. The predicted octanol–water partition coefficient (Wildman–Crippen LogP) is 1.95. The quantitative estimate of drug-likeness (QED) is 0.875. The molecule has 0 radical (unpaired) electrons. The zero-order valence-electron chi connectivity index (χ0n) is 13.1. The Bertz CT molecular complexity index is 668. The molecule has 3 rings (SSSR count). The van der Waals surface area contributed by atoms with Crippen molar-refractivity contribution in [2.45, 2.75) is 0 Å². The van der Waals surface area contributed by atoms with Crippen molar-refractivity contribution in [3.63, 3.8) is 0 Å². The lowest BCUT2D eigenvalue weighted by Crippen LogP contribution is -2.44. The molecule has 6 heteroatoms. The minimum Gasteiger partial charge on any atom is -0.504 e. The topological polar surface area (TPSA) is 61.2 Å². The molecule has 0 spiro atoms. The van der Waals surface area contributed by atoms with Crippen molar-refractivity contribution in [1.29, 1.82) is 0 Å². The Morgan fingerprint density at radius 2 is 2.00 bits per heavy atom. The van der Waals surface area contributed by atoms with Crippen LogP contribution in [0, 0.1) is 0 Å². The summed E-state index contributed by atoms with van der Waals surface area (Å²) in [5.74, 6) is 1.60. The number of nitrogens with zero attached hydrogens (tertiary/aromatic N) is 4. The van der Waals surface area contributed by atoms with Crippen LogP contribution >= 0.6 is 0 Å². The number of hydrogen-bond acceptors (Lipinski definition) is 6. The number of hydrazone groups is 1. The minimum absolute atomic E-state index is 0.122. The van der Waals surface area contributed by atoms with E-state index in [1.807, 2.05) is 35.5 Å². The van der Waals surface area contributed by atoms with Gasteiger partial charge >= 0.3 is 0 Å². The Hall–Kier alpha value is -2.76. The van der Waals surface area contributed by atoms with E-state index in [0.717, 1.165) is 37.6 Å². The summed E-state index contributed by atoms with van der Waals surface area (Å²) in [6.07, 6.45) is 3.57. The molecule has 0 amide bonds. The van der Waals surface area contributed by atoms with E-state index in [4.69, 9.17) is 4.74 Å². The highest BCUT2D eigenvalue weighted by atomic mass is 16.5. The van der Waals surface area contributed by atoms with Crippen LogP contribution in [0.3, 0.4) is 0 Å². The number of pyridine rings is 1. The number of benzene rings is 1. The van der Waals surface area contributed by atoms with Crippen LogP contribution in [0.15, 0.2) is 47.7 Å². The number of methoxy groups -OCH3 is 1. The molecule has 0 saturated carbocycles. The van der Waals surface area contributed by atoms with E-state index in [0.29, 0.717) is 5.75 Å². The van der Waals surface area contributed by atoms with Gasteiger partial charge in [0.25, 0.3) is 0 Å². The number of rotatable bonds is 4. The van der Waals surface area contributed by atoms with E-state index in [-0.39, 0.29) is 5.75 Å². The molecule has 1 aromatic heterocycles. The number of piperazine rings is 1. The zero-order chi connectivity index (χ0) is 16.1. The molecule has 1 N–H and O–H groups in total. The lowest BCUT2D eigenvalue weighted by molar-refractivity contribution is 0.271. The Balaban J connectivity index is 1.57. The van der Waals surface area contributed by atoms with Gasteiger partial charge in [-0.2, -0.15) is 5.10 Å². The van der Waals surface area contributed by atoms with Crippen molar-refractivity contribution in [2.24, 2.45) is 5.10 Å². The average molecular weight is 312 g/mol. The smallest absolute Gasteiger partial charge is 0.160 e. The van der Waals surface area contributed by atoms with E-state index in [1.165, 1.54) is 7.11 Å². The van der Waals surface area contributed by atoms with Crippen molar-refractivity contribution < 1.29 is 9.84 Å². The van der Waals surface area contributed by atoms with Crippen LogP contribution in [0.5, 0.6) is 11.5 Å². The van der Waals surface area contributed by atoms with Crippen LogP contribution in [-0.2, 0) is 0 Å². The van der Waals surface area contributed by atoms with Crippen molar-refractivity contribution in [2.75, 3.05) is 38.2 Å². The Morgan fingerprint density at radius 1 is 1.17 bits per heavy atom. The highest BCUT2D eigenvalue weighted by molar-refractivity contribution is 5.80. The molecule has 120 valence electrons. The van der Waals surface area contributed by atoms with Gasteiger partial charge in [0, 0.05) is 19.3 Å². The number of ether oxygens (including phenoxy) is 1. The normalized spacial score (nSPS) is 15.2. The van der Waals surface area contributed by atoms with Gasteiger partial charge in [-0.05, 0) is 35.9 Å². The highest BCUT2D eigenvalue weighted by Gasteiger charge is 2.16. The second kappa shape index (κ2) is 7.00. The monoisotopic (exact) mass is 312 g/mol. The summed E-state index contributed by atoms with van der Waals surface area (Å²) in [5.41, 5.74) is 0.843. The summed E-state index contributed by atoms with van der Waals surface area (Å²) >= 11 is 0. The minimum atomic E-state index is 0.122. The molecule has 1 fully saturated rings. The third kappa shape index (κ3) is 3.71. The molecule has 0 unspecified atom stereocenters. The van der Waals surface area contributed by atoms with Gasteiger partial charge in [0.15, 0.2) is 11.5 Å². The molecular formula is C17H20N4O2. The Morgan fingerprint density at radius 3 is 2.65 bits per heavy atom. The molecule has 2 aromatic rings. The molecule has 1 aromatic carbocycles. The largest absolute Gasteiger partial charge is 0.504 e. The molecule has 0 atom stereocenters. The van der Waals surface area contributed by atoms with Gasteiger partial charge in [-0.25, -0.2) is 4.98 Å². The van der Waals surface area contributed by atoms with Gasteiger partial charge in [-0.15, -0.1) is 0 Å². The van der Waals surface area contributed by atoms with Crippen molar-refractivity contribution in [3.8, 4) is 11.5 Å². The number of hydrogen-bond donors (Lipinski definition) is 1. The molecule has 2 heterocycles. The molecule has 1 aliphatic heterocycles. The summed E-state index contributed by atoms with van der Waals surface area (Å²) in [4.78, 5) is 6.63. The third-order valence-corrected chi connectivity index (χ3v) is 3.80. The van der Waals surface area contributed by atoms with E-state index < -0.39 is 0 Å². The fraction of sp³-hybridized carbons (Fsp3) is 0.294. The van der Waals surface area contributed by atoms with E-state index >= 15 is 0 Å². The van der Waals surface area contributed by atoms with Gasteiger partial charge in [-0.3, -0.25) is 5.01 Å². The Labute approximate surface area is 135 Å². The molecule has 1 aliphatic rings. The van der Waals surface area contributed by atoms with E-state index in [9.17, 15) is 5.11 Å². The van der Waals surface area contributed by atoms with E-state index in [2.05, 4.69) is 15.0 Å². The van der Waals surface area contributed by atoms with Gasteiger partial charge in [0.05, 0.1) is 26.4 Å².